The molecule has 0 aliphatic heterocycles. The van der Waals surface area contributed by atoms with Crippen LogP contribution in [-0.4, -0.2) is 0 Å². The number of allylic oxidation sites excluding steroid dienone is 1. The Kier molecular flexibility index (Phi) is 3.37. The van der Waals surface area contributed by atoms with Crippen molar-refractivity contribution in [2.24, 2.45) is 0 Å². The third-order valence-electron chi connectivity index (χ3n) is 1.92. The van der Waals surface area contributed by atoms with Crippen LogP contribution in [0.15, 0.2) is 29.7 Å². The van der Waals surface area contributed by atoms with Gasteiger partial charge < -0.3 is 5.73 Å². The summed E-state index contributed by atoms with van der Waals surface area (Å²) in [6, 6.07) is 5.09. The largest absolute Gasteiger partial charge is 0.398 e. The first-order valence-corrected chi connectivity index (χ1v) is 4.77. The molecule has 0 aromatic heterocycles. The number of rotatable bonds is 3. The Morgan fingerprint density at radius 1 is 1.62 bits per heavy atom. The van der Waals surface area contributed by atoms with Gasteiger partial charge in [-0.2, -0.15) is 3.89 Å². The lowest BCUT2D eigenvalue weighted by atomic mass is 10.0. The zero-order valence-corrected chi connectivity index (χ0v) is 8.33. The molecule has 1 aromatic rings. The van der Waals surface area contributed by atoms with Crippen LogP contribution in [0.25, 0.3) is 5.57 Å². The van der Waals surface area contributed by atoms with Gasteiger partial charge in [-0.25, -0.2) is 0 Å². The van der Waals surface area contributed by atoms with Gasteiger partial charge in [-0.1, -0.05) is 13.5 Å². The first-order chi connectivity index (χ1) is 6.19. The van der Waals surface area contributed by atoms with Crippen molar-refractivity contribution in [2.45, 2.75) is 18.2 Å². The molecular formula is C10H12FNS. The maximum atomic E-state index is 12.3. The minimum Gasteiger partial charge on any atom is -0.398 e. The van der Waals surface area contributed by atoms with Crippen LogP contribution in [-0.2, 0) is 0 Å². The molecule has 2 N–H and O–H groups in total. The van der Waals surface area contributed by atoms with E-state index in [-0.39, 0.29) is 12.1 Å². The highest BCUT2D eigenvalue weighted by Gasteiger charge is 2.03. The van der Waals surface area contributed by atoms with Crippen molar-refractivity contribution in [1.82, 2.24) is 0 Å². The van der Waals surface area contributed by atoms with Gasteiger partial charge in [0.1, 0.15) is 0 Å². The highest BCUT2D eigenvalue weighted by Crippen LogP contribution is 2.28. The van der Waals surface area contributed by atoms with Crippen molar-refractivity contribution in [2.75, 3.05) is 5.73 Å². The molecule has 0 saturated heterocycles. The molecule has 0 saturated carbocycles. The molecule has 0 unspecified atom stereocenters. The van der Waals surface area contributed by atoms with Crippen molar-refractivity contribution in [3.8, 4) is 0 Å². The number of nitrogens with two attached hydrogens (primary N) is 1. The van der Waals surface area contributed by atoms with E-state index in [1.165, 1.54) is 0 Å². The van der Waals surface area contributed by atoms with Gasteiger partial charge in [0.05, 0.1) is 12.1 Å². The molecule has 0 amide bonds. The van der Waals surface area contributed by atoms with E-state index in [4.69, 9.17) is 5.73 Å². The maximum absolute atomic E-state index is 12.3. The summed E-state index contributed by atoms with van der Waals surface area (Å²) in [5.74, 6) is 0. The van der Waals surface area contributed by atoms with Gasteiger partial charge >= 0.3 is 0 Å². The molecule has 1 nitrogen and oxygen atoms in total. The number of nitrogen functional groups attached to an aromatic ring is 1. The van der Waals surface area contributed by atoms with E-state index in [1.54, 1.807) is 18.2 Å². The summed E-state index contributed by atoms with van der Waals surface area (Å²) in [5, 5.41) is 0. The Balaban J connectivity index is 3.11. The number of benzene rings is 1. The second-order valence-electron chi connectivity index (χ2n) is 2.78. The highest BCUT2D eigenvalue weighted by molar-refractivity contribution is 7.94. The molecule has 0 aliphatic carbocycles. The molecule has 0 atom stereocenters. The predicted octanol–water partition coefficient (Wildman–Crippen LogP) is 3.67. The number of halogens is 1. The maximum Gasteiger partial charge on any atom is 0.0812 e. The summed E-state index contributed by atoms with van der Waals surface area (Å²) in [5.41, 5.74) is 8.18. The third kappa shape index (κ3) is 2.25. The fraction of sp³-hybridized carbons (Fsp3) is 0.200. The normalized spacial score (nSPS) is 10.0. The minimum atomic E-state index is 0.223. The van der Waals surface area contributed by atoms with Crippen molar-refractivity contribution < 1.29 is 3.89 Å². The van der Waals surface area contributed by atoms with Crippen LogP contribution in [0.5, 0.6) is 0 Å². The van der Waals surface area contributed by atoms with Gasteiger partial charge in [-0.3, -0.25) is 0 Å². The lowest BCUT2D eigenvalue weighted by Gasteiger charge is -2.07. The molecule has 0 aliphatic rings. The molecule has 70 valence electrons. The van der Waals surface area contributed by atoms with E-state index >= 15 is 0 Å². The quantitative estimate of drug-likeness (QED) is 0.748. The molecule has 0 radical (unpaired) electrons. The van der Waals surface area contributed by atoms with Gasteiger partial charge in [0.25, 0.3) is 0 Å². The third-order valence-corrected chi connectivity index (χ3v) is 2.35. The molecule has 13 heavy (non-hydrogen) atoms. The SMILES string of the molecule is C=C(CC)c1cc(SF)ccc1N. The standard InChI is InChI=1S/C10H12FNS/c1-3-7(2)9-6-8(13-11)4-5-10(9)12/h4-6H,2-3,12H2,1H3. The van der Waals surface area contributed by atoms with Crippen LogP contribution in [0.1, 0.15) is 18.9 Å². The Morgan fingerprint density at radius 3 is 2.85 bits per heavy atom. The van der Waals surface area contributed by atoms with E-state index < -0.39 is 0 Å². The van der Waals surface area contributed by atoms with E-state index in [0.29, 0.717) is 10.6 Å². The topological polar surface area (TPSA) is 26.0 Å². The Morgan fingerprint density at radius 2 is 2.31 bits per heavy atom. The second kappa shape index (κ2) is 4.33. The fourth-order valence-electron chi connectivity index (χ4n) is 1.08. The van der Waals surface area contributed by atoms with E-state index in [2.05, 4.69) is 6.58 Å². The summed E-state index contributed by atoms with van der Waals surface area (Å²) in [7, 11) is 0. The fourth-order valence-corrected chi connectivity index (χ4v) is 1.36. The monoisotopic (exact) mass is 197 g/mol. The number of anilines is 1. The summed E-state index contributed by atoms with van der Waals surface area (Å²) in [6.45, 7) is 5.87. The van der Waals surface area contributed by atoms with Crippen molar-refractivity contribution >= 4 is 23.4 Å². The van der Waals surface area contributed by atoms with Gasteiger partial charge in [0.2, 0.25) is 0 Å². The molecule has 0 bridgehead atoms. The van der Waals surface area contributed by atoms with E-state index in [0.717, 1.165) is 17.6 Å². The lowest BCUT2D eigenvalue weighted by Crippen LogP contribution is -1.92. The summed E-state index contributed by atoms with van der Waals surface area (Å²) < 4.78 is 12.3. The zero-order chi connectivity index (χ0) is 9.84. The number of hydrogen-bond donors (Lipinski definition) is 1. The van der Waals surface area contributed by atoms with Crippen LogP contribution >= 0.6 is 12.1 Å². The Hall–Kier alpha value is -0.960. The highest BCUT2D eigenvalue weighted by atomic mass is 32.2. The van der Waals surface area contributed by atoms with Crippen LogP contribution in [0.3, 0.4) is 0 Å². The van der Waals surface area contributed by atoms with Gasteiger partial charge in [0, 0.05) is 16.1 Å². The first-order valence-electron chi connectivity index (χ1n) is 4.05. The van der Waals surface area contributed by atoms with Crippen LogP contribution in [0, 0.1) is 0 Å². The molecule has 1 rings (SSSR count). The van der Waals surface area contributed by atoms with Crippen LogP contribution in [0.4, 0.5) is 9.57 Å². The number of hydrogen-bond acceptors (Lipinski definition) is 2. The average molecular weight is 197 g/mol. The summed E-state index contributed by atoms with van der Waals surface area (Å²) in [4.78, 5) is 0.568. The van der Waals surface area contributed by atoms with Crippen molar-refractivity contribution in [3.63, 3.8) is 0 Å². The Labute approximate surface area is 82.1 Å². The van der Waals surface area contributed by atoms with E-state index in [1.807, 2.05) is 6.92 Å². The van der Waals surface area contributed by atoms with E-state index in [9.17, 15) is 3.89 Å². The minimum absolute atomic E-state index is 0.223. The van der Waals surface area contributed by atoms with Crippen molar-refractivity contribution in [1.29, 1.82) is 0 Å². The first kappa shape index (κ1) is 10.1. The van der Waals surface area contributed by atoms with Gasteiger partial charge in [-0.15, -0.1) is 0 Å². The van der Waals surface area contributed by atoms with Gasteiger partial charge in [0.15, 0.2) is 0 Å². The zero-order valence-electron chi connectivity index (χ0n) is 7.51. The molecular weight excluding hydrogens is 185 g/mol. The second-order valence-corrected chi connectivity index (χ2v) is 3.41. The average Bonchev–Trinajstić information content (AvgIpc) is 2.17. The smallest absolute Gasteiger partial charge is 0.0812 e. The van der Waals surface area contributed by atoms with Crippen molar-refractivity contribution in [3.05, 3.63) is 30.3 Å². The summed E-state index contributed by atoms with van der Waals surface area (Å²) in [6.07, 6.45) is 0.824. The van der Waals surface area contributed by atoms with Gasteiger partial charge in [-0.05, 0) is 30.2 Å². The summed E-state index contributed by atoms with van der Waals surface area (Å²) >= 11 is 0.223. The molecule has 0 spiro atoms. The molecule has 3 heteroatoms. The molecule has 1 aromatic carbocycles. The Bertz CT molecular complexity index is 323. The lowest BCUT2D eigenvalue weighted by molar-refractivity contribution is 0.934. The molecule has 0 heterocycles. The predicted molar refractivity (Wildman–Crippen MR) is 57.1 cm³/mol. The van der Waals surface area contributed by atoms with Crippen LogP contribution < -0.4 is 5.73 Å². The molecule has 0 fully saturated rings. The van der Waals surface area contributed by atoms with Crippen LogP contribution in [0.2, 0.25) is 0 Å².